The van der Waals surface area contributed by atoms with Crippen molar-refractivity contribution in [2.75, 3.05) is 7.11 Å². The maximum atomic E-state index is 14.0. The van der Waals surface area contributed by atoms with E-state index in [2.05, 4.69) is 5.09 Å². The molecule has 208 valence electrons. The van der Waals surface area contributed by atoms with Crippen LogP contribution in [-0.2, 0) is 47.6 Å². The lowest BCUT2D eigenvalue weighted by Crippen LogP contribution is -2.39. The van der Waals surface area contributed by atoms with Gasteiger partial charge in [-0.2, -0.15) is 0 Å². The van der Waals surface area contributed by atoms with Crippen molar-refractivity contribution < 1.29 is 27.9 Å². The minimum Gasteiger partial charge on any atom is -0.469 e. The molecule has 39 heavy (non-hydrogen) atoms. The molecular weight excluding hydrogens is 513 g/mol. The molecule has 0 saturated carbocycles. The molecule has 0 spiro atoms. The Bertz CT molecular complexity index is 1160. The second-order valence-corrected chi connectivity index (χ2v) is 11.7. The van der Waals surface area contributed by atoms with E-state index in [-0.39, 0.29) is 31.3 Å². The van der Waals surface area contributed by atoms with E-state index in [0.717, 1.165) is 16.7 Å². The minimum atomic E-state index is -3.94. The lowest BCUT2D eigenvalue weighted by molar-refractivity contribution is -0.147. The Balaban J connectivity index is 1.80. The Morgan fingerprint density at radius 2 is 1.23 bits per heavy atom. The van der Waals surface area contributed by atoms with Crippen molar-refractivity contribution in [1.29, 1.82) is 0 Å². The molecule has 1 unspecified atom stereocenters. The van der Waals surface area contributed by atoms with E-state index in [4.69, 9.17) is 13.8 Å². The number of carbonyl (C=O) groups excluding carboxylic acids is 2. The molecule has 0 saturated heterocycles. The number of Topliss-reactive ketones (excluding diaryl/α,β-unsaturated/α-hetero) is 1. The van der Waals surface area contributed by atoms with Crippen LogP contribution in [0.3, 0.4) is 0 Å². The molecule has 0 bridgehead atoms. The maximum Gasteiger partial charge on any atom is 0.406 e. The quantitative estimate of drug-likeness (QED) is 0.160. The van der Waals surface area contributed by atoms with Crippen LogP contribution in [0, 0.1) is 11.8 Å². The van der Waals surface area contributed by atoms with Crippen LogP contribution >= 0.6 is 7.75 Å². The van der Waals surface area contributed by atoms with Crippen LogP contribution in [0.5, 0.6) is 0 Å². The largest absolute Gasteiger partial charge is 0.469 e. The lowest BCUT2D eigenvalue weighted by Gasteiger charge is -2.27. The second kappa shape index (κ2) is 15.5. The van der Waals surface area contributed by atoms with E-state index in [0.29, 0.717) is 12.8 Å². The normalized spacial score (nSPS) is 13.1. The highest BCUT2D eigenvalue weighted by atomic mass is 31.2. The van der Waals surface area contributed by atoms with E-state index in [1.54, 1.807) is 0 Å². The fourth-order valence-corrected chi connectivity index (χ4v) is 5.68. The predicted molar refractivity (Wildman–Crippen MR) is 152 cm³/mol. The number of ketones is 1. The van der Waals surface area contributed by atoms with Gasteiger partial charge in [-0.05, 0) is 35.4 Å². The van der Waals surface area contributed by atoms with Crippen molar-refractivity contribution in [1.82, 2.24) is 5.09 Å². The Morgan fingerprint density at radius 1 is 0.769 bits per heavy atom. The summed E-state index contributed by atoms with van der Waals surface area (Å²) in [4.78, 5) is 26.2. The Labute approximate surface area is 231 Å². The van der Waals surface area contributed by atoms with Crippen molar-refractivity contribution in [3.63, 3.8) is 0 Å². The molecule has 8 heteroatoms. The highest BCUT2D eigenvalue weighted by Crippen LogP contribution is 2.46. The van der Waals surface area contributed by atoms with Gasteiger partial charge in [0.1, 0.15) is 0 Å². The molecule has 0 aliphatic rings. The Hall–Kier alpha value is -3.09. The molecule has 0 fully saturated rings. The number of ether oxygens (including phenoxy) is 1. The molecular formula is C31H38NO6P. The fraction of sp³-hybridized carbons (Fsp3) is 0.355. The first kappa shape index (κ1) is 30.5. The van der Waals surface area contributed by atoms with Crippen LogP contribution in [0.2, 0.25) is 0 Å². The van der Waals surface area contributed by atoms with Crippen molar-refractivity contribution in [3.8, 4) is 0 Å². The van der Waals surface area contributed by atoms with Crippen molar-refractivity contribution >= 4 is 19.5 Å². The zero-order chi connectivity index (χ0) is 28.1. The Morgan fingerprint density at radius 3 is 1.67 bits per heavy atom. The molecule has 7 nitrogen and oxygen atoms in total. The molecule has 2 atom stereocenters. The fourth-order valence-electron chi connectivity index (χ4n) is 4.19. The number of rotatable bonds is 16. The second-order valence-electron chi connectivity index (χ2n) is 9.91. The van der Waals surface area contributed by atoms with Crippen molar-refractivity contribution in [2.24, 2.45) is 11.8 Å². The smallest absolute Gasteiger partial charge is 0.406 e. The molecule has 0 heterocycles. The topological polar surface area (TPSA) is 90.9 Å². The summed E-state index contributed by atoms with van der Waals surface area (Å²) in [6.07, 6.45) is 0.690. The first-order chi connectivity index (χ1) is 18.8. The maximum absolute atomic E-state index is 14.0. The van der Waals surface area contributed by atoms with E-state index < -0.39 is 25.7 Å². The standard InChI is InChI=1S/C31H38NO6P/c1-24(2)19-29(30(33)21-28(31(34)36-3)20-25-13-7-4-8-14-25)32-39(35,37-22-26-15-9-5-10-16-26)38-23-27-17-11-6-12-18-27/h4-18,24,28-29H,19-23H2,1-3H3,(H,32,35)/t28?,29-/m0/s1. The van der Waals surface area contributed by atoms with Gasteiger partial charge in [0.2, 0.25) is 0 Å². The lowest BCUT2D eigenvalue weighted by atomic mass is 9.90. The molecule has 0 aromatic heterocycles. The van der Waals surface area contributed by atoms with Gasteiger partial charge >= 0.3 is 13.7 Å². The molecule has 0 aliphatic heterocycles. The summed E-state index contributed by atoms with van der Waals surface area (Å²) >= 11 is 0. The average Bonchev–Trinajstić information content (AvgIpc) is 2.95. The van der Waals surface area contributed by atoms with Crippen LogP contribution in [0.1, 0.15) is 43.4 Å². The molecule has 0 aliphatic carbocycles. The molecule has 3 rings (SSSR count). The highest BCUT2D eigenvalue weighted by Gasteiger charge is 2.35. The first-order valence-corrected chi connectivity index (χ1v) is 14.7. The molecule has 0 radical (unpaired) electrons. The number of benzene rings is 3. The number of hydrogen-bond donors (Lipinski definition) is 1. The summed E-state index contributed by atoms with van der Waals surface area (Å²) in [7, 11) is -2.63. The monoisotopic (exact) mass is 551 g/mol. The van der Waals surface area contributed by atoms with Gasteiger partial charge in [0.25, 0.3) is 0 Å². The zero-order valence-electron chi connectivity index (χ0n) is 22.8. The third-order valence-corrected chi connectivity index (χ3v) is 7.77. The SMILES string of the molecule is COC(=O)C(CC(=O)[C@H](CC(C)C)NP(=O)(OCc1ccccc1)OCc1ccccc1)Cc1ccccc1. The van der Waals surface area contributed by atoms with Crippen LogP contribution in [0.25, 0.3) is 0 Å². The molecule has 3 aromatic rings. The van der Waals surface area contributed by atoms with Crippen LogP contribution in [0.4, 0.5) is 0 Å². The number of carbonyl (C=O) groups is 2. The van der Waals surface area contributed by atoms with Crippen molar-refractivity contribution in [3.05, 3.63) is 108 Å². The van der Waals surface area contributed by atoms with Crippen LogP contribution in [0.15, 0.2) is 91.0 Å². The van der Waals surface area contributed by atoms with Gasteiger partial charge in [0, 0.05) is 6.42 Å². The Kier molecular flexibility index (Phi) is 12.1. The zero-order valence-corrected chi connectivity index (χ0v) is 23.7. The summed E-state index contributed by atoms with van der Waals surface area (Å²) < 4.78 is 30.7. The summed E-state index contributed by atoms with van der Waals surface area (Å²) in [5.74, 6) is -1.27. The van der Waals surface area contributed by atoms with Gasteiger partial charge in [-0.25, -0.2) is 9.65 Å². The summed E-state index contributed by atoms with van der Waals surface area (Å²) in [5, 5.41) is 2.94. The van der Waals surface area contributed by atoms with E-state index in [9.17, 15) is 14.2 Å². The molecule has 3 aromatic carbocycles. The summed E-state index contributed by atoms with van der Waals surface area (Å²) in [6, 6.07) is 27.3. The van der Waals surface area contributed by atoms with E-state index in [1.165, 1.54) is 7.11 Å². The van der Waals surface area contributed by atoms with E-state index >= 15 is 0 Å². The van der Waals surface area contributed by atoms with Gasteiger partial charge in [-0.3, -0.25) is 18.6 Å². The van der Waals surface area contributed by atoms with Gasteiger partial charge in [0.05, 0.1) is 32.3 Å². The van der Waals surface area contributed by atoms with Crippen LogP contribution in [-0.4, -0.2) is 24.9 Å². The average molecular weight is 552 g/mol. The van der Waals surface area contributed by atoms with Crippen molar-refractivity contribution in [2.45, 2.75) is 52.4 Å². The summed E-state index contributed by atoms with van der Waals surface area (Å²) in [5.41, 5.74) is 2.57. The summed E-state index contributed by atoms with van der Waals surface area (Å²) in [6.45, 7) is 4.04. The van der Waals surface area contributed by atoms with Gasteiger partial charge in [-0.1, -0.05) is 105 Å². The van der Waals surface area contributed by atoms with Gasteiger partial charge < -0.3 is 4.74 Å². The molecule has 0 amide bonds. The number of nitrogens with one attached hydrogen (secondary N) is 1. The van der Waals surface area contributed by atoms with Crippen LogP contribution < -0.4 is 5.09 Å². The third kappa shape index (κ3) is 10.5. The number of esters is 1. The number of hydrogen-bond acceptors (Lipinski definition) is 6. The third-order valence-electron chi connectivity index (χ3n) is 6.20. The first-order valence-electron chi connectivity index (χ1n) is 13.2. The predicted octanol–water partition coefficient (Wildman–Crippen LogP) is 6.52. The minimum absolute atomic E-state index is 0.0429. The van der Waals surface area contributed by atoms with Gasteiger partial charge in [-0.15, -0.1) is 0 Å². The highest BCUT2D eigenvalue weighted by molar-refractivity contribution is 7.51. The molecule has 1 N–H and O–H groups in total. The van der Waals surface area contributed by atoms with E-state index in [1.807, 2.05) is 105 Å². The number of methoxy groups -OCH3 is 1. The van der Waals surface area contributed by atoms with Gasteiger partial charge in [0.15, 0.2) is 5.78 Å².